The highest BCUT2D eigenvalue weighted by atomic mass is 19.1. The topological polar surface area (TPSA) is 87.7 Å². The Hall–Kier alpha value is -0.690. The smallest absolute Gasteiger partial charge is 0.114 e. The molecule has 1 fully saturated rings. The van der Waals surface area contributed by atoms with Gasteiger partial charge >= 0.3 is 0 Å². The molecule has 6 unspecified atom stereocenters. The molecular formula is C18H35FN2O3. The molecule has 1 saturated heterocycles. The molecule has 0 aromatic rings. The van der Waals surface area contributed by atoms with E-state index in [0.717, 1.165) is 25.7 Å². The zero-order valence-electron chi connectivity index (χ0n) is 15.1. The number of hydrogen-bond acceptors (Lipinski definition) is 5. The van der Waals surface area contributed by atoms with Crippen LogP contribution in [0.15, 0.2) is 12.3 Å². The van der Waals surface area contributed by atoms with E-state index in [9.17, 15) is 14.6 Å². The summed E-state index contributed by atoms with van der Waals surface area (Å²) in [7, 11) is 0. The molecule has 1 aliphatic rings. The average Bonchev–Trinajstić information content (AvgIpc) is 2.50. The van der Waals surface area contributed by atoms with Crippen LogP contribution < -0.4 is 11.1 Å². The lowest BCUT2D eigenvalue weighted by molar-refractivity contribution is -0.0691. The van der Waals surface area contributed by atoms with Gasteiger partial charge in [0, 0.05) is 19.1 Å². The van der Waals surface area contributed by atoms with Crippen molar-refractivity contribution >= 4 is 0 Å². The van der Waals surface area contributed by atoms with Crippen molar-refractivity contribution in [2.45, 2.75) is 70.3 Å². The first kappa shape index (κ1) is 21.4. The highest BCUT2D eigenvalue weighted by molar-refractivity contribution is 4.90. The number of halogens is 1. The van der Waals surface area contributed by atoms with Crippen LogP contribution in [-0.2, 0) is 4.74 Å². The Balaban J connectivity index is 2.37. The first-order chi connectivity index (χ1) is 11.3. The molecule has 0 aromatic heterocycles. The minimum absolute atomic E-state index is 0.0239. The summed E-state index contributed by atoms with van der Waals surface area (Å²) in [5.74, 6) is 0.518. The van der Waals surface area contributed by atoms with Gasteiger partial charge in [-0.3, -0.25) is 0 Å². The molecule has 0 spiro atoms. The summed E-state index contributed by atoms with van der Waals surface area (Å²) >= 11 is 0. The van der Waals surface area contributed by atoms with Gasteiger partial charge in [0.25, 0.3) is 0 Å². The summed E-state index contributed by atoms with van der Waals surface area (Å²) < 4.78 is 18.3. The number of hydrogen-bond donors (Lipinski definition) is 4. The van der Waals surface area contributed by atoms with Crippen molar-refractivity contribution in [2.75, 3.05) is 19.8 Å². The van der Waals surface area contributed by atoms with Gasteiger partial charge in [0.1, 0.15) is 18.5 Å². The lowest BCUT2D eigenvalue weighted by Gasteiger charge is -2.36. The van der Waals surface area contributed by atoms with E-state index in [2.05, 4.69) is 25.7 Å². The lowest BCUT2D eigenvalue weighted by atomic mass is 9.86. The number of rotatable bonds is 11. The SMILES string of the molecule is C=C(O)C(O)CC(C)CC(C)CC1OC(CNCCF)CCC1N. The van der Waals surface area contributed by atoms with Crippen LogP contribution in [0.4, 0.5) is 4.39 Å². The lowest BCUT2D eigenvalue weighted by Crippen LogP contribution is -2.47. The third-order valence-corrected chi connectivity index (χ3v) is 4.76. The minimum atomic E-state index is -0.855. The van der Waals surface area contributed by atoms with Crippen LogP contribution in [0.1, 0.15) is 46.0 Å². The van der Waals surface area contributed by atoms with Crippen molar-refractivity contribution in [1.82, 2.24) is 5.32 Å². The molecule has 0 amide bonds. The maximum absolute atomic E-state index is 12.2. The minimum Gasteiger partial charge on any atom is -0.510 e. The predicted molar refractivity (Wildman–Crippen MR) is 94.7 cm³/mol. The van der Waals surface area contributed by atoms with Crippen molar-refractivity contribution < 1.29 is 19.3 Å². The van der Waals surface area contributed by atoms with Crippen LogP contribution in [0.2, 0.25) is 0 Å². The largest absolute Gasteiger partial charge is 0.510 e. The van der Waals surface area contributed by atoms with E-state index in [0.29, 0.717) is 25.4 Å². The first-order valence-electron chi connectivity index (χ1n) is 9.07. The van der Waals surface area contributed by atoms with Gasteiger partial charge in [0.2, 0.25) is 0 Å². The second-order valence-corrected chi connectivity index (χ2v) is 7.36. The number of nitrogens with two attached hydrogens (primary N) is 1. The van der Waals surface area contributed by atoms with E-state index in [-0.39, 0.29) is 36.6 Å². The number of alkyl halides is 1. The van der Waals surface area contributed by atoms with Crippen molar-refractivity contribution in [1.29, 1.82) is 0 Å². The second-order valence-electron chi connectivity index (χ2n) is 7.36. The van der Waals surface area contributed by atoms with E-state index in [1.165, 1.54) is 0 Å². The van der Waals surface area contributed by atoms with Crippen molar-refractivity contribution in [3.05, 3.63) is 12.3 Å². The maximum atomic E-state index is 12.2. The average molecular weight is 346 g/mol. The monoisotopic (exact) mass is 346 g/mol. The molecule has 6 heteroatoms. The van der Waals surface area contributed by atoms with Gasteiger partial charge in [-0.2, -0.15) is 0 Å². The summed E-state index contributed by atoms with van der Waals surface area (Å²) in [4.78, 5) is 0. The Morgan fingerprint density at radius 1 is 1.33 bits per heavy atom. The molecule has 5 N–H and O–H groups in total. The van der Waals surface area contributed by atoms with Gasteiger partial charge in [-0.15, -0.1) is 0 Å². The van der Waals surface area contributed by atoms with Crippen LogP contribution in [0.5, 0.6) is 0 Å². The molecule has 0 bridgehead atoms. The number of aliphatic hydroxyl groups excluding tert-OH is 2. The van der Waals surface area contributed by atoms with Crippen molar-refractivity contribution in [2.24, 2.45) is 17.6 Å². The highest BCUT2D eigenvalue weighted by Gasteiger charge is 2.30. The van der Waals surface area contributed by atoms with Gasteiger partial charge < -0.3 is 26.0 Å². The first-order valence-corrected chi connectivity index (χ1v) is 9.07. The van der Waals surface area contributed by atoms with Crippen LogP contribution in [0, 0.1) is 11.8 Å². The van der Waals surface area contributed by atoms with Gasteiger partial charge in [-0.1, -0.05) is 20.4 Å². The number of aliphatic hydroxyl groups is 2. The molecule has 6 atom stereocenters. The summed E-state index contributed by atoms with van der Waals surface area (Å²) in [6.45, 7) is 8.27. The molecule has 0 radical (unpaired) electrons. The summed E-state index contributed by atoms with van der Waals surface area (Å²) in [6, 6.07) is 0.0444. The van der Waals surface area contributed by atoms with Crippen molar-refractivity contribution in [3.63, 3.8) is 0 Å². The van der Waals surface area contributed by atoms with Crippen LogP contribution >= 0.6 is 0 Å². The Kier molecular flexibility index (Phi) is 9.81. The molecular weight excluding hydrogens is 311 g/mol. The Labute approximate surface area is 145 Å². The quantitative estimate of drug-likeness (QED) is 0.341. The van der Waals surface area contributed by atoms with Crippen LogP contribution in [-0.4, -0.2) is 54.3 Å². The third kappa shape index (κ3) is 7.92. The summed E-state index contributed by atoms with van der Waals surface area (Å²) in [5, 5.41) is 21.9. The third-order valence-electron chi connectivity index (χ3n) is 4.76. The summed E-state index contributed by atoms with van der Waals surface area (Å²) in [5.41, 5.74) is 6.21. The second kappa shape index (κ2) is 11.0. The molecule has 0 aromatic carbocycles. The van der Waals surface area contributed by atoms with E-state index in [4.69, 9.17) is 10.5 Å². The number of nitrogens with one attached hydrogen (secondary N) is 1. The van der Waals surface area contributed by atoms with Gasteiger partial charge in [-0.05, 0) is 43.9 Å². The predicted octanol–water partition coefficient (Wildman–Crippen LogP) is 2.30. The maximum Gasteiger partial charge on any atom is 0.114 e. The fraction of sp³-hybridized carbons (Fsp3) is 0.889. The molecule has 0 saturated carbocycles. The molecule has 1 heterocycles. The van der Waals surface area contributed by atoms with E-state index in [1.807, 2.05) is 0 Å². The zero-order valence-corrected chi connectivity index (χ0v) is 15.1. The Morgan fingerprint density at radius 3 is 2.67 bits per heavy atom. The van der Waals surface area contributed by atoms with Crippen LogP contribution in [0.3, 0.4) is 0 Å². The standard InChI is InChI=1S/C18H35FN2O3/c1-12(9-17(23)14(3)22)8-13(2)10-18-16(20)5-4-15(24-18)11-21-7-6-19/h12-13,15-18,21-23H,3-11,20H2,1-2H3. The molecule has 1 rings (SSSR count). The fourth-order valence-electron chi connectivity index (χ4n) is 3.48. The fourth-order valence-corrected chi connectivity index (χ4v) is 3.48. The van der Waals surface area contributed by atoms with Gasteiger partial charge in [0.05, 0.1) is 12.2 Å². The normalized spacial score (nSPS) is 28.3. The molecule has 142 valence electrons. The molecule has 0 aliphatic carbocycles. The summed E-state index contributed by atoms with van der Waals surface area (Å²) in [6.07, 6.45) is 3.42. The zero-order chi connectivity index (χ0) is 18.1. The molecule has 5 nitrogen and oxygen atoms in total. The van der Waals surface area contributed by atoms with Gasteiger partial charge in [0.15, 0.2) is 0 Å². The Bertz CT molecular complexity index is 370. The molecule has 24 heavy (non-hydrogen) atoms. The highest BCUT2D eigenvalue weighted by Crippen LogP contribution is 2.27. The van der Waals surface area contributed by atoms with Crippen LogP contribution in [0.25, 0.3) is 0 Å². The van der Waals surface area contributed by atoms with Crippen molar-refractivity contribution in [3.8, 4) is 0 Å². The number of ether oxygens (including phenoxy) is 1. The van der Waals surface area contributed by atoms with Gasteiger partial charge in [-0.25, -0.2) is 4.39 Å². The van der Waals surface area contributed by atoms with E-state index < -0.39 is 6.10 Å². The molecule has 1 aliphatic heterocycles. The van der Waals surface area contributed by atoms with E-state index >= 15 is 0 Å². The Morgan fingerprint density at radius 2 is 2.04 bits per heavy atom. The van der Waals surface area contributed by atoms with E-state index in [1.54, 1.807) is 0 Å².